The lowest BCUT2D eigenvalue weighted by atomic mass is 10.2. The molecule has 108 valence electrons. The molecule has 0 saturated carbocycles. The van der Waals surface area contributed by atoms with Gasteiger partial charge in [-0.3, -0.25) is 14.5 Å². The smallest absolute Gasteiger partial charge is 0.252 e. The van der Waals surface area contributed by atoms with Gasteiger partial charge in [-0.15, -0.1) is 0 Å². The number of aromatic nitrogens is 1. The molecule has 2 N–H and O–H groups in total. The second-order valence-electron chi connectivity index (χ2n) is 5.40. The SMILES string of the molecule is O=C(NCC1CN2CCCC2CO1)c1ccc(=O)[nH]c1. The maximum absolute atomic E-state index is 11.9. The average molecular weight is 277 g/mol. The summed E-state index contributed by atoms with van der Waals surface area (Å²) in [6, 6.07) is 3.44. The van der Waals surface area contributed by atoms with Crippen molar-refractivity contribution in [3.63, 3.8) is 0 Å². The van der Waals surface area contributed by atoms with Gasteiger partial charge in [-0.25, -0.2) is 0 Å². The van der Waals surface area contributed by atoms with Crippen LogP contribution < -0.4 is 10.9 Å². The molecule has 2 fully saturated rings. The van der Waals surface area contributed by atoms with Crippen LogP contribution in [0.25, 0.3) is 0 Å². The number of morpholine rings is 1. The molecule has 1 aromatic heterocycles. The highest BCUT2D eigenvalue weighted by Crippen LogP contribution is 2.22. The lowest BCUT2D eigenvalue weighted by Gasteiger charge is -2.35. The third-order valence-corrected chi connectivity index (χ3v) is 4.00. The number of nitrogens with one attached hydrogen (secondary N) is 2. The fourth-order valence-corrected chi connectivity index (χ4v) is 2.87. The molecule has 2 atom stereocenters. The summed E-state index contributed by atoms with van der Waals surface area (Å²) >= 11 is 0. The molecule has 3 rings (SSSR count). The zero-order chi connectivity index (χ0) is 13.9. The molecule has 0 spiro atoms. The van der Waals surface area contributed by atoms with Crippen LogP contribution in [-0.4, -0.2) is 54.2 Å². The molecule has 6 heteroatoms. The molecule has 0 aliphatic carbocycles. The first-order valence-electron chi connectivity index (χ1n) is 7.05. The zero-order valence-corrected chi connectivity index (χ0v) is 11.3. The van der Waals surface area contributed by atoms with Gasteiger partial charge in [0.25, 0.3) is 5.91 Å². The molecule has 1 amide bonds. The van der Waals surface area contributed by atoms with E-state index in [4.69, 9.17) is 4.74 Å². The number of amides is 1. The van der Waals surface area contributed by atoms with Gasteiger partial charge in [0, 0.05) is 31.4 Å². The van der Waals surface area contributed by atoms with Gasteiger partial charge in [-0.1, -0.05) is 0 Å². The molecular formula is C14H19N3O3. The zero-order valence-electron chi connectivity index (χ0n) is 11.3. The standard InChI is InChI=1S/C14H19N3O3/c18-13-4-3-10(6-15-13)14(19)16-7-12-8-17-5-1-2-11(17)9-20-12/h3-4,6,11-12H,1-2,5,7-9H2,(H,15,18)(H,16,19). The van der Waals surface area contributed by atoms with Crippen LogP contribution in [-0.2, 0) is 4.74 Å². The van der Waals surface area contributed by atoms with E-state index in [9.17, 15) is 9.59 Å². The Bertz CT molecular complexity index is 522. The van der Waals surface area contributed by atoms with Gasteiger partial charge in [0.1, 0.15) is 0 Å². The summed E-state index contributed by atoms with van der Waals surface area (Å²) in [5.74, 6) is -0.187. The van der Waals surface area contributed by atoms with Crippen LogP contribution in [0.1, 0.15) is 23.2 Å². The normalized spacial score (nSPS) is 26.2. The molecule has 0 bridgehead atoms. The highest BCUT2D eigenvalue weighted by Gasteiger charge is 2.32. The van der Waals surface area contributed by atoms with Crippen molar-refractivity contribution in [1.29, 1.82) is 0 Å². The molecule has 3 heterocycles. The van der Waals surface area contributed by atoms with E-state index in [2.05, 4.69) is 15.2 Å². The number of carbonyl (C=O) groups excluding carboxylic acids is 1. The van der Waals surface area contributed by atoms with E-state index in [-0.39, 0.29) is 17.6 Å². The van der Waals surface area contributed by atoms with Gasteiger partial charge in [-0.2, -0.15) is 0 Å². The Labute approximate surface area is 117 Å². The van der Waals surface area contributed by atoms with Gasteiger partial charge in [0.15, 0.2) is 0 Å². The highest BCUT2D eigenvalue weighted by molar-refractivity contribution is 5.93. The molecule has 20 heavy (non-hydrogen) atoms. The number of carbonyl (C=O) groups is 1. The lowest BCUT2D eigenvalue weighted by molar-refractivity contribution is -0.0461. The van der Waals surface area contributed by atoms with Crippen molar-refractivity contribution in [1.82, 2.24) is 15.2 Å². The number of hydrogen-bond donors (Lipinski definition) is 2. The van der Waals surface area contributed by atoms with E-state index in [1.54, 1.807) is 0 Å². The van der Waals surface area contributed by atoms with E-state index >= 15 is 0 Å². The van der Waals surface area contributed by atoms with Crippen molar-refractivity contribution >= 4 is 5.91 Å². The Morgan fingerprint density at radius 2 is 2.40 bits per heavy atom. The van der Waals surface area contributed by atoms with E-state index in [1.165, 1.54) is 31.2 Å². The Morgan fingerprint density at radius 1 is 1.50 bits per heavy atom. The Morgan fingerprint density at radius 3 is 3.20 bits per heavy atom. The third-order valence-electron chi connectivity index (χ3n) is 4.00. The summed E-state index contributed by atoms with van der Waals surface area (Å²) in [4.78, 5) is 27.8. The van der Waals surface area contributed by atoms with E-state index in [1.807, 2.05) is 0 Å². The summed E-state index contributed by atoms with van der Waals surface area (Å²) in [5, 5.41) is 2.86. The summed E-state index contributed by atoms with van der Waals surface area (Å²) in [7, 11) is 0. The largest absolute Gasteiger partial charge is 0.373 e. The summed E-state index contributed by atoms with van der Waals surface area (Å²) in [6.45, 7) is 3.29. The van der Waals surface area contributed by atoms with Crippen LogP contribution in [0.3, 0.4) is 0 Å². The minimum Gasteiger partial charge on any atom is -0.373 e. The highest BCUT2D eigenvalue weighted by atomic mass is 16.5. The topological polar surface area (TPSA) is 74.4 Å². The minimum absolute atomic E-state index is 0.0519. The maximum atomic E-state index is 11.9. The van der Waals surface area contributed by atoms with Gasteiger partial charge >= 0.3 is 0 Å². The molecule has 2 saturated heterocycles. The van der Waals surface area contributed by atoms with Gasteiger partial charge in [0.05, 0.1) is 18.3 Å². The fourth-order valence-electron chi connectivity index (χ4n) is 2.87. The van der Waals surface area contributed by atoms with Crippen LogP contribution in [0.4, 0.5) is 0 Å². The van der Waals surface area contributed by atoms with Crippen LogP contribution in [0.15, 0.2) is 23.1 Å². The van der Waals surface area contributed by atoms with Crippen molar-refractivity contribution in [3.05, 3.63) is 34.2 Å². The predicted molar refractivity (Wildman–Crippen MR) is 73.7 cm³/mol. The molecule has 2 aliphatic rings. The molecule has 0 aromatic carbocycles. The summed E-state index contributed by atoms with van der Waals surface area (Å²) in [5.41, 5.74) is 0.247. The first-order chi connectivity index (χ1) is 9.72. The quantitative estimate of drug-likeness (QED) is 0.813. The van der Waals surface area contributed by atoms with E-state index in [0.29, 0.717) is 18.2 Å². The maximum Gasteiger partial charge on any atom is 0.252 e. The van der Waals surface area contributed by atoms with Crippen LogP contribution in [0.5, 0.6) is 0 Å². The Kier molecular flexibility index (Phi) is 3.84. The number of nitrogens with zero attached hydrogens (tertiary/aromatic N) is 1. The monoisotopic (exact) mass is 277 g/mol. The first-order valence-corrected chi connectivity index (χ1v) is 7.05. The van der Waals surface area contributed by atoms with E-state index < -0.39 is 0 Å². The van der Waals surface area contributed by atoms with Gasteiger partial charge in [-0.05, 0) is 25.5 Å². The number of hydrogen-bond acceptors (Lipinski definition) is 4. The summed E-state index contributed by atoms with van der Waals surface area (Å²) < 4.78 is 5.78. The fraction of sp³-hybridized carbons (Fsp3) is 0.571. The van der Waals surface area contributed by atoms with Crippen LogP contribution in [0.2, 0.25) is 0 Å². The summed E-state index contributed by atoms with van der Waals surface area (Å²) in [6.07, 6.45) is 3.94. The third kappa shape index (κ3) is 2.91. The molecule has 2 aliphatic heterocycles. The van der Waals surface area contributed by atoms with Crippen molar-refractivity contribution in [2.75, 3.05) is 26.2 Å². The predicted octanol–water partition coefficient (Wildman–Crippen LogP) is -0.0321. The molecule has 0 radical (unpaired) electrons. The number of aromatic amines is 1. The number of pyridine rings is 1. The number of rotatable bonds is 3. The number of ether oxygens (including phenoxy) is 1. The average Bonchev–Trinajstić information content (AvgIpc) is 2.93. The van der Waals surface area contributed by atoms with Crippen LogP contribution >= 0.6 is 0 Å². The first kappa shape index (κ1) is 13.3. The van der Waals surface area contributed by atoms with E-state index in [0.717, 1.165) is 19.7 Å². The molecule has 1 aromatic rings. The van der Waals surface area contributed by atoms with Crippen LogP contribution in [0, 0.1) is 0 Å². The molecular weight excluding hydrogens is 258 g/mol. The Hall–Kier alpha value is -1.66. The minimum atomic E-state index is -0.211. The second kappa shape index (κ2) is 5.76. The second-order valence-corrected chi connectivity index (χ2v) is 5.40. The molecule has 6 nitrogen and oxygen atoms in total. The number of fused-ring (bicyclic) bond motifs is 1. The number of H-pyrrole nitrogens is 1. The molecule has 2 unspecified atom stereocenters. The van der Waals surface area contributed by atoms with Crippen molar-refractivity contribution in [2.45, 2.75) is 25.0 Å². The van der Waals surface area contributed by atoms with Crippen molar-refractivity contribution < 1.29 is 9.53 Å². The van der Waals surface area contributed by atoms with Gasteiger partial charge in [0.2, 0.25) is 5.56 Å². The van der Waals surface area contributed by atoms with Crippen molar-refractivity contribution in [2.24, 2.45) is 0 Å². The van der Waals surface area contributed by atoms with Crippen molar-refractivity contribution in [3.8, 4) is 0 Å². The lowest BCUT2D eigenvalue weighted by Crippen LogP contribution is -2.50. The Balaban J connectivity index is 1.50. The van der Waals surface area contributed by atoms with Gasteiger partial charge < -0.3 is 15.0 Å².